The Labute approximate surface area is 73.6 Å². The van der Waals surface area contributed by atoms with E-state index >= 15 is 0 Å². The summed E-state index contributed by atoms with van der Waals surface area (Å²) in [5, 5.41) is 0. The summed E-state index contributed by atoms with van der Waals surface area (Å²) in [5.74, 6) is 2.89. The summed E-state index contributed by atoms with van der Waals surface area (Å²) in [6, 6.07) is 0. The molecule has 0 aromatic heterocycles. The van der Waals surface area contributed by atoms with Crippen molar-refractivity contribution in [3.63, 3.8) is 0 Å². The van der Waals surface area contributed by atoms with E-state index < -0.39 is 0 Å². The van der Waals surface area contributed by atoms with E-state index in [2.05, 4.69) is 5.48 Å². The van der Waals surface area contributed by atoms with Crippen LogP contribution in [0.3, 0.4) is 0 Å². The molecule has 3 fully saturated rings. The average molecular weight is 167 g/mol. The van der Waals surface area contributed by atoms with Gasteiger partial charge in [-0.2, -0.15) is 0 Å². The van der Waals surface area contributed by atoms with Crippen LogP contribution in [0.1, 0.15) is 32.1 Å². The van der Waals surface area contributed by atoms with E-state index in [9.17, 15) is 0 Å². The largest absolute Gasteiger partial charge is 0.298 e. The molecule has 2 nitrogen and oxygen atoms in total. The summed E-state index contributed by atoms with van der Waals surface area (Å²) in [7, 11) is 0. The molecule has 0 amide bonds. The lowest BCUT2D eigenvalue weighted by Gasteiger charge is -2.32. The summed E-state index contributed by atoms with van der Waals surface area (Å²) in [6.07, 6.45) is 7.77. The Balaban J connectivity index is 1.75. The van der Waals surface area contributed by atoms with Crippen molar-refractivity contribution in [2.45, 2.75) is 38.2 Å². The fourth-order valence-corrected chi connectivity index (χ4v) is 3.39. The normalized spacial score (nSPS) is 52.0. The summed E-state index contributed by atoms with van der Waals surface area (Å²) in [5.41, 5.74) is 3.05. The third-order valence-electron chi connectivity index (χ3n) is 4.06. The predicted octanol–water partition coefficient (Wildman–Crippen LogP) is 1.72. The molecule has 1 aliphatic heterocycles. The van der Waals surface area contributed by atoms with Gasteiger partial charge in [-0.05, 0) is 24.7 Å². The van der Waals surface area contributed by atoms with Crippen molar-refractivity contribution in [2.24, 2.45) is 17.8 Å². The molecule has 3 aliphatic rings. The van der Waals surface area contributed by atoms with Crippen LogP contribution in [0.15, 0.2) is 0 Å². The molecule has 0 aromatic rings. The fourth-order valence-electron chi connectivity index (χ4n) is 3.39. The number of fused-ring (bicyclic) bond motifs is 2. The monoisotopic (exact) mass is 167 g/mol. The standard InChI is InChI=1S/C10H17NO/c1-2-7-4-9-6-11-12-10(9)5-8(7)3-1/h7-11H,1-6H2. The Morgan fingerprint density at radius 1 is 1.00 bits per heavy atom. The minimum atomic E-state index is 0.560. The molecule has 12 heavy (non-hydrogen) atoms. The van der Waals surface area contributed by atoms with Crippen molar-refractivity contribution in [3.8, 4) is 0 Å². The molecule has 1 saturated heterocycles. The van der Waals surface area contributed by atoms with Gasteiger partial charge in [0.1, 0.15) is 0 Å². The van der Waals surface area contributed by atoms with Gasteiger partial charge in [0.25, 0.3) is 0 Å². The lowest BCUT2D eigenvalue weighted by Crippen LogP contribution is -2.31. The highest BCUT2D eigenvalue weighted by Gasteiger charge is 2.42. The van der Waals surface area contributed by atoms with Gasteiger partial charge in [0.05, 0.1) is 6.10 Å². The minimum absolute atomic E-state index is 0.560. The number of rotatable bonds is 0. The zero-order valence-corrected chi connectivity index (χ0v) is 7.46. The minimum Gasteiger partial charge on any atom is -0.298 e. The first kappa shape index (κ1) is 7.34. The Morgan fingerprint density at radius 3 is 2.75 bits per heavy atom. The SMILES string of the molecule is C1CC2CC3CNOC3CC2C1. The second-order valence-corrected chi connectivity index (χ2v) is 4.69. The molecule has 0 radical (unpaired) electrons. The van der Waals surface area contributed by atoms with E-state index in [0.717, 1.165) is 24.3 Å². The Morgan fingerprint density at radius 2 is 1.83 bits per heavy atom. The van der Waals surface area contributed by atoms with Gasteiger partial charge in [0.15, 0.2) is 0 Å². The molecule has 0 aromatic carbocycles. The molecule has 4 atom stereocenters. The van der Waals surface area contributed by atoms with E-state index in [1.165, 1.54) is 32.1 Å². The number of hydrogen-bond donors (Lipinski definition) is 1. The van der Waals surface area contributed by atoms with Crippen molar-refractivity contribution < 1.29 is 4.84 Å². The van der Waals surface area contributed by atoms with Gasteiger partial charge < -0.3 is 0 Å². The van der Waals surface area contributed by atoms with Crippen LogP contribution in [0.2, 0.25) is 0 Å². The molecule has 0 spiro atoms. The number of hydroxylamine groups is 1. The highest BCUT2D eigenvalue weighted by Crippen LogP contribution is 2.45. The van der Waals surface area contributed by atoms with Crippen LogP contribution >= 0.6 is 0 Å². The average Bonchev–Trinajstić information content (AvgIpc) is 2.64. The van der Waals surface area contributed by atoms with Crippen LogP contribution in [0.4, 0.5) is 0 Å². The molecule has 3 rings (SSSR count). The number of nitrogens with one attached hydrogen (secondary N) is 1. The molecule has 1 N–H and O–H groups in total. The maximum absolute atomic E-state index is 5.52. The van der Waals surface area contributed by atoms with Gasteiger partial charge in [-0.25, -0.2) is 5.48 Å². The van der Waals surface area contributed by atoms with Crippen LogP contribution in [0.25, 0.3) is 0 Å². The van der Waals surface area contributed by atoms with Crippen LogP contribution < -0.4 is 5.48 Å². The van der Waals surface area contributed by atoms with Crippen molar-refractivity contribution in [3.05, 3.63) is 0 Å². The third kappa shape index (κ3) is 1.01. The Kier molecular flexibility index (Phi) is 1.66. The lowest BCUT2D eigenvalue weighted by atomic mass is 9.74. The van der Waals surface area contributed by atoms with Gasteiger partial charge >= 0.3 is 0 Å². The van der Waals surface area contributed by atoms with Crippen molar-refractivity contribution in [1.82, 2.24) is 5.48 Å². The first-order chi connectivity index (χ1) is 5.93. The molecular weight excluding hydrogens is 150 g/mol. The van der Waals surface area contributed by atoms with E-state index in [1.807, 2.05) is 0 Å². The Bertz CT molecular complexity index is 147. The number of hydrogen-bond acceptors (Lipinski definition) is 2. The molecule has 4 unspecified atom stereocenters. The van der Waals surface area contributed by atoms with Gasteiger partial charge in [-0.3, -0.25) is 4.84 Å². The third-order valence-corrected chi connectivity index (χ3v) is 4.06. The molecule has 2 aliphatic carbocycles. The zero-order chi connectivity index (χ0) is 7.97. The maximum atomic E-state index is 5.52. The van der Waals surface area contributed by atoms with Gasteiger partial charge in [0, 0.05) is 12.5 Å². The predicted molar refractivity (Wildman–Crippen MR) is 46.4 cm³/mol. The first-order valence-corrected chi connectivity index (χ1v) is 5.32. The van der Waals surface area contributed by atoms with Crippen molar-refractivity contribution in [2.75, 3.05) is 6.54 Å². The zero-order valence-electron chi connectivity index (χ0n) is 7.46. The maximum Gasteiger partial charge on any atom is 0.0834 e. The molecular formula is C10H17NO. The highest BCUT2D eigenvalue weighted by atomic mass is 16.7. The fraction of sp³-hybridized carbons (Fsp3) is 1.00. The second-order valence-electron chi connectivity index (χ2n) is 4.69. The Hall–Kier alpha value is -0.0800. The van der Waals surface area contributed by atoms with Gasteiger partial charge in [-0.1, -0.05) is 19.3 Å². The molecule has 1 heterocycles. The summed E-state index contributed by atoms with van der Waals surface area (Å²) in [4.78, 5) is 5.52. The van der Waals surface area contributed by atoms with Crippen molar-refractivity contribution >= 4 is 0 Å². The topological polar surface area (TPSA) is 21.3 Å². The molecule has 0 bridgehead atoms. The van der Waals surface area contributed by atoms with Crippen LogP contribution in [-0.4, -0.2) is 12.6 Å². The highest BCUT2D eigenvalue weighted by molar-refractivity contribution is 4.91. The van der Waals surface area contributed by atoms with Crippen LogP contribution in [0.5, 0.6) is 0 Å². The van der Waals surface area contributed by atoms with E-state index in [1.54, 1.807) is 0 Å². The molecule has 2 saturated carbocycles. The molecule has 68 valence electrons. The second kappa shape index (κ2) is 2.71. The van der Waals surface area contributed by atoms with E-state index in [4.69, 9.17) is 4.84 Å². The quantitative estimate of drug-likeness (QED) is 0.593. The lowest BCUT2D eigenvalue weighted by molar-refractivity contribution is -0.0134. The van der Waals surface area contributed by atoms with Crippen LogP contribution in [0, 0.1) is 17.8 Å². The smallest absolute Gasteiger partial charge is 0.0834 e. The van der Waals surface area contributed by atoms with E-state index in [0.29, 0.717) is 6.10 Å². The summed E-state index contributed by atoms with van der Waals surface area (Å²) < 4.78 is 0. The summed E-state index contributed by atoms with van der Waals surface area (Å²) >= 11 is 0. The summed E-state index contributed by atoms with van der Waals surface area (Å²) in [6.45, 7) is 1.11. The van der Waals surface area contributed by atoms with E-state index in [-0.39, 0.29) is 0 Å². The van der Waals surface area contributed by atoms with Crippen molar-refractivity contribution in [1.29, 1.82) is 0 Å². The van der Waals surface area contributed by atoms with Crippen LogP contribution in [-0.2, 0) is 4.84 Å². The molecule has 2 heteroatoms. The first-order valence-electron chi connectivity index (χ1n) is 5.32. The van der Waals surface area contributed by atoms with Gasteiger partial charge in [0.2, 0.25) is 0 Å². The van der Waals surface area contributed by atoms with Gasteiger partial charge in [-0.15, -0.1) is 0 Å².